The van der Waals surface area contributed by atoms with Crippen LogP contribution in [0.1, 0.15) is 24.7 Å². The topological polar surface area (TPSA) is 89.8 Å². The van der Waals surface area contributed by atoms with Gasteiger partial charge >= 0.3 is 0 Å². The van der Waals surface area contributed by atoms with Crippen molar-refractivity contribution in [3.05, 3.63) is 72.2 Å². The van der Waals surface area contributed by atoms with Crippen molar-refractivity contribution in [2.24, 2.45) is 11.7 Å². The minimum Gasteiger partial charge on any atom is -0.390 e. The van der Waals surface area contributed by atoms with Gasteiger partial charge in [-0.15, -0.1) is 0 Å². The van der Waals surface area contributed by atoms with Gasteiger partial charge in [0.2, 0.25) is 0 Å². The van der Waals surface area contributed by atoms with Crippen LogP contribution in [0, 0.1) is 5.92 Å². The summed E-state index contributed by atoms with van der Waals surface area (Å²) in [5, 5.41) is 14.9. The summed E-state index contributed by atoms with van der Waals surface area (Å²) in [5.41, 5.74) is 10.4. The summed E-state index contributed by atoms with van der Waals surface area (Å²) < 4.78 is 1.80. The molecule has 0 fully saturated rings. The molecule has 0 aliphatic rings. The lowest BCUT2D eigenvalue weighted by molar-refractivity contribution is 0.276. The molecule has 4 rings (SSSR count). The second-order valence-electron chi connectivity index (χ2n) is 7.37. The summed E-state index contributed by atoms with van der Waals surface area (Å²) in [4.78, 5) is 9.32. The van der Waals surface area contributed by atoms with E-state index in [-0.39, 0.29) is 6.61 Å². The highest BCUT2D eigenvalue weighted by Crippen LogP contribution is 2.25. The predicted molar refractivity (Wildman–Crippen MR) is 115 cm³/mol. The van der Waals surface area contributed by atoms with Crippen molar-refractivity contribution < 1.29 is 5.11 Å². The molecule has 6 heteroatoms. The van der Waals surface area contributed by atoms with E-state index < -0.39 is 0 Å². The van der Waals surface area contributed by atoms with Crippen molar-refractivity contribution in [1.82, 2.24) is 19.7 Å². The van der Waals surface area contributed by atoms with Gasteiger partial charge < -0.3 is 10.8 Å². The molecule has 6 nitrogen and oxygen atoms in total. The van der Waals surface area contributed by atoms with Gasteiger partial charge in [-0.3, -0.25) is 4.98 Å². The van der Waals surface area contributed by atoms with Crippen LogP contribution in [-0.4, -0.2) is 31.4 Å². The standard InChI is InChI=1S/C23H25N5O/c1-16(13-24)8-11-19-4-2-6-21(26-19)17-9-10-18-14-25-28(22(18)12-17)23-7-3-5-20(15-29)27-23/h2-7,9-10,12,14,16,29H,8,11,13,15,24H2,1H3/t16-/m1/s1. The molecule has 0 amide bonds. The van der Waals surface area contributed by atoms with Crippen LogP contribution in [0.5, 0.6) is 0 Å². The first-order valence-electron chi connectivity index (χ1n) is 9.89. The molecule has 29 heavy (non-hydrogen) atoms. The molecule has 1 atom stereocenters. The molecule has 1 aromatic carbocycles. The molecule has 3 aromatic heterocycles. The molecule has 0 aliphatic heterocycles. The first-order valence-corrected chi connectivity index (χ1v) is 9.89. The van der Waals surface area contributed by atoms with E-state index >= 15 is 0 Å². The number of hydrogen-bond acceptors (Lipinski definition) is 5. The summed E-state index contributed by atoms with van der Waals surface area (Å²) in [6.07, 6.45) is 3.78. The number of nitrogens with zero attached hydrogens (tertiary/aromatic N) is 4. The molecular weight excluding hydrogens is 362 g/mol. The van der Waals surface area contributed by atoms with Crippen molar-refractivity contribution in [3.63, 3.8) is 0 Å². The average molecular weight is 387 g/mol. The van der Waals surface area contributed by atoms with Gasteiger partial charge in [0, 0.05) is 16.6 Å². The normalized spacial score (nSPS) is 12.4. The van der Waals surface area contributed by atoms with E-state index in [0.717, 1.165) is 40.7 Å². The molecule has 0 bridgehead atoms. The molecule has 0 saturated heterocycles. The quantitative estimate of drug-likeness (QED) is 0.506. The monoisotopic (exact) mass is 387 g/mol. The Morgan fingerprint density at radius 1 is 1.03 bits per heavy atom. The minimum absolute atomic E-state index is 0.0994. The number of nitrogens with two attached hydrogens (primary N) is 1. The van der Waals surface area contributed by atoms with Gasteiger partial charge in [0.15, 0.2) is 5.82 Å². The SMILES string of the molecule is C[C@@H](CN)CCc1cccc(-c2ccc3cnn(-c4cccc(CO)n4)c3c2)n1. The molecule has 4 aromatic rings. The molecule has 0 radical (unpaired) electrons. The zero-order valence-corrected chi connectivity index (χ0v) is 16.5. The summed E-state index contributed by atoms with van der Waals surface area (Å²) >= 11 is 0. The summed E-state index contributed by atoms with van der Waals surface area (Å²) in [5.74, 6) is 1.18. The molecule has 0 spiro atoms. The highest BCUT2D eigenvalue weighted by atomic mass is 16.3. The number of hydrogen-bond donors (Lipinski definition) is 2. The zero-order valence-electron chi connectivity index (χ0n) is 16.5. The lowest BCUT2D eigenvalue weighted by Gasteiger charge is -2.09. The number of rotatable bonds is 7. The van der Waals surface area contributed by atoms with Crippen LogP contribution in [0.4, 0.5) is 0 Å². The fourth-order valence-electron chi connectivity index (χ4n) is 3.32. The van der Waals surface area contributed by atoms with Crippen LogP contribution < -0.4 is 5.73 Å². The second kappa shape index (κ2) is 8.51. The summed E-state index contributed by atoms with van der Waals surface area (Å²) in [7, 11) is 0. The largest absolute Gasteiger partial charge is 0.390 e. The Hall–Kier alpha value is -3.09. The maximum absolute atomic E-state index is 9.38. The van der Waals surface area contributed by atoms with Crippen molar-refractivity contribution in [1.29, 1.82) is 0 Å². The maximum atomic E-state index is 9.38. The number of benzene rings is 1. The Bertz CT molecular complexity index is 1120. The van der Waals surface area contributed by atoms with Crippen LogP contribution in [-0.2, 0) is 13.0 Å². The van der Waals surface area contributed by atoms with E-state index in [9.17, 15) is 5.11 Å². The molecule has 148 valence electrons. The van der Waals surface area contributed by atoms with Crippen LogP contribution in [0.3, 0.4) is 0 Å². The minimum atomic E-state index is -0.0994. The van der Waals surface area contributed by atoms with Crippen LogP contribution in [0.2, 0.25) is 0 Å². The number of aliphatic hydroxyl groups is 1. The Kier molecular flexibility index (Phi) is 5.64. The fraction of sp³-hybridized carbons (Fsp3) is 0.261. The first-order chi connectivity index (χ1) is 14.2. The van der Waals surface area contributed by atoms with E-state index in [4.69, 9.17) is 10.7 Å². The van der Waals surface area contributed by atoms with Crippen molar-refractivity contribution in [2.45, 2.75) is 26.4 Å². The molecule has 0 unspecified atom stereocenters. The Balaban J connectivity index is 1.69. The predicted octanol–water partition coefficient (Wildman–Crippen LogP) is 3.50. The highest BCUT2D eigenvalue weighted by molar-refractivity contribution is 5.84. The van der Waals surface area contributed by atoms with Gasteiger partial charge in [-0.2, -0.15) is 5.10 Å². The molecule has 0 aliphatic carbocycles. The number of aromatic nitrogens is 4. The van der Waals surface area contributed by atoms with Crippen molar-refractivity contribution in [3.8, 4) is 17.1 Å². The van der Waals surface area contributed by atoms with Crippen LogP contribution in [0.25, 0.3) is 28.0 Å². The Morgan fingerprint density at radius 3 is 2.69 bits per heavy atom. The number of fused-ring (bicyclic) bond motifs is 1. The maximum Gasteiger partial charge on any atom is 0.154 e. The van der Waals surface area contributed by atoms with Gasteiger partial charge in [-0.05, 0) is 55.6 Å². The smallest absolute Gasteiger partial charge is 0.154 e. The lowest BCUT2D eigenvalue weighted by atomic mass is 10.0. The average Bonchev–Trinajstić information content (AvgIpc) is 3.21. The third-order valence-electron chi connectivity index (χ3n) is 5.14. The third-order valence-corrected chi connectivity index (χ3v) is 5.14. The number of pyridine rings is 2. The van der Waals surface area contributed by atoms with E-state index in [1.165, 1.54) is 0 Å². The zero-order chi connectivity index (χ0) is 20.2. The van der Waals surface area contributed by atoms with E-state index in [2.05, 4.69) is 47.3 Å². The van der Waals surface area contributed by atoms with Gasteiger partial charge in [0.1, 0.15) is 0 Å². The molecule has 0 saturated carbocycles. The first kappa shape index (κ1) is 19.2. The van der Waals surface area contributed by atoms with Gasteiger partial charge in [-0.25, -0.2) is 9.67 Å². The lowest BCUT2D eigenvalue weighted by Crippen LogP contribution is -2.11. The van der Waals surface area contributed by atoms with Crippen molar-refractivity contribution in [2.75, 3.05) is 6.54 Å². The Labute approximate surface area is 170 Å². The van der Waals surface area contributed by atoms with Crippen LogP contribution >= 0.6 is 0 Å². The van der Waals surface area contributed by atoms with Crippen molar-refractivity contribution >= 4 is 10.9 Å². The third kappa shape index (κ3) is 4.18. The van der Waals surface area contributed by atoms with E-state index in [0.29, 0.717) is 24.0 Å². The summed E-state index contributed by atoms with van der Waals surface area (Å²) in [6, 6.07) is 17.9. The van der Waals surface area contributed by atoms with Crippen LogP contribution in [0.15, 0.2) is 60.8 Å². The molecule has 3 N–H and O–H groups in total. The van der Waals surface area contributed by atoms with Gasteiger partial charge in [0.25, 0.3) is 0 Å². The van der Waals surface area contributed by atoms with E-state index in [1.54, 1.807) is 10.7 Å². The molecular formula is C23H25N5O. The van der Waals surface area contributed by atoms with Gasteiger partial charge in [-0.1, -0.05) is 31.2 Å². The second-order valence-corrected chi connectivity index (χ2v) is 7.37. The summed E-state index contributed by atoms with van der Waals surface area (Å²) in [6.45, 7) is 2.77. The van der Waals surface area contributed by atoms with Gasteiger partial charge in [0.05, 0.1) is 29.7 Å². The number of aryl methyl sites for hydroxylation is 1. The highest BCUT2D eigenvalue weighted by Gasteiger charge is 2.10. The molecule has 3 heterocycles. The number of aliphatic hydroxyl groups excluding tert-OH is 1. The van der Waals surface area contributed by atoms with E-state index in [1.807, 2.05) is 24.4 Å². The fourth-order valence-corrected chi connectivity index (χ4v) is 3.32. The Morgan fingerprint density at radius 2 is 1.86 bits per heavy atom.